The van der Waals surface area contributed by atoms with Crippen molar-refractivity contribution in [3.8, 4) is 5.75 Å². The Morgan fingerprint density at radius 2 is 1.82 bits per heavy atom. The fourth-order valence-corrected chi connectivity index (χ4v) is 1.99. The number of hydrogen-bond donors (Lipinski definition) is 2. The molecule has 0 heterocycles. The van der Waals surface area contributed by atoms with Gasteiger partial charge in [-0.25, -0.2) is 0 Å². The van der Waals surface area contributed by atoms with E-state index in [1.54, 1.807) is 6.07 Å². The molecular formula is C16H18F3NO2. The molecule has 0 saturated carbocycles. The van der Waals surface area contributed by atoms with E-state index in [0.717, 1.165) is 17.7 Å². The number of aliphatic hydroxyl groups is 1. The molecule has 2 atom stereocenters. The van der Waals surface area contributed by atoms with Gasteiger partial charge in [0.25, 0.3) is 0 Å². The Balaban J connectivity index is 1.89. The lowest BCUT2D eigenvalue weighted by Crippen LogP contribution is -2.44. The highest BCUT2D eigenvalue weighted by Crippen LogP contribution is 2.25. The summed E-state index contributed by atoms with van der Waals surface area (Å²) in [7, 11) is 0. The number of alkyl halides is 3. The number of halogens is 3. The summed E-state index contributed by atoms with van der Waals surface area (Å²) < 4.78 is 42.6. The molecule has 2 aromatic carbocycles. The zero-order valence-corrected chi connectivity index (χ0v) is 12.1. The largest absolute Gasteiger partial charge is 0.490 e. The number of benzene rings is 2. The highest BCUT2D eigenvalue weighted by molar-refractivity contribution is 5.88. The maximum Gasteiger partial charge on any atom is 0.403 e. The summed E-state index contributed by atoms with van der Waals surface area (Å²) in [6.07, 6.45) is -5.35. The van der Waals surface area contributed by atoms with Gasteiger partial charge in [0.05, 0.1) is 0 Å². The smallest absolute Gasteiger partial charge is 0.403 e. The van der Waals surface area contributed by atoms with E-state index < -0.39 is 18.3 Å². The minimum Gasteiger partial charge on any atom is -0.490 e. The summed E-state index contributed by atoms with van der Waals surface area (Å²) >= 11 is 0. The molecule has 0 amide bonds. The van der Waals surface area contributed by atoms with Crippen molar-refractivity contribution in [2.45, 2.75) is 25.2 Å². The molecule has 2 unspecified atom stereocenters. The van der Waals surface area contributed by atoms with E-state index in [4.69, 9.17) is 4.74 Å². The van der Waals surface area contributed by atoms with Crippen molar-refractivity contribution in [3.63, 3.8) is 0 Å². The van der Waals surface area contributed by atoms with Gasteiger partial charge in [-0.1, -0.05) is 36.4 Å². The molecule has 0 bridgehead atoms. The summed E-state index contributed by atoms with van der Waals surface area (Å²) in [5.74, 6) is 0.598. The number of rotatable bonds is 6. The van der Waals surface area contributed by atoms with Gasteiger partial charge in [0.1, 0.15) is 24.5 Å². The molecule has 0 aliphatic rings. The Hall–Kier alpha value is -1.79. The van der Waals surface area contributed by atoms with Gasteiger partial charge in [0.2, 0.25) is 0 Å². The molecule has 3 nitrogen and oxygen atoms in total. The summed E-state index contributed by atoms with van der Waals surface area (Å²) in [6.45, 7) is 0.745. The lowest BCUT2D eigenvalue weighted by molar-refractivity contribution is -0.152. The van der Waals surface area contributed by atoms with Crippen molar-refractivity contribution in [1.82, 2.24) is 5.32 Å². The first-order chi connectivity index (χ1) is 10.4. The molecule has 22 heavy (non-hydrogen) atoms. The van der Waals surface area contributed by atoms with Crippen LogP contribution in [0.3, 0.4) is 0 Å². The van der Waals surface area contributed by atoms with E-state index in [9.17, 15) is 18.3 Å². The minimum absolute atomic E-state index is 0.0778. The van der Waals surface area contributed by atoms with Crippen molar-refractivity contribution < 1.29 is 23.0 Å². The number of ether oxygens (including phenoxy) is 1. The average Bonchev–Trinajstić information content (AvgIpc) is 2.49. The van der Waals surface area contributed by atoms with Gasteiger partial charge in [0, 0.05) is 11.9 Å². The van der Waals surface area contributed by atoms with Gasteiger partial charge in [-0.2, -0.15) is 13.2 Å². The Labute approximate surface area is 126 Å². The molecule has 0 fully saturated rings. The van der Waals surface area contributed by atoms with Crippen molar-refractivity contribution in [2.75, 3.05) is 13.2 Å². The van der Waals surface area contributed by atoms with E-state index in [0.29, 0.717) is 5.75 Å². The maximum atomic E-state index is 12.3. The fraction of sp³-hybridized carbons (Fsp3) is 0.375. The quantitative estimate of drug-likeness (QED) is 0.861. The first-order valence-electron chi connectivity index (χ1n) is 6.96. The van der Waals surface area contributed by atoms with Crippen molar-refractivity contribution in [1.29, 1.82) is 0 Å². The second kappa shape index (κ2) is 6.98. The predicted molar refractivity (Wildman–Crippen MR) is 79.0 cm³/mol. The van der Waals surface area contributed by atoms with Gasteiger partial charge >= 0.3 is 6.18 Å². The van der Waals surface area contributed by atoms with Crippen LogP contribution in [0.15, 0.2) is 42.5 Å². The van der Waals surface area contributed by atoms with E-state index in [1.165, 1.54) is 0 Å². The van der Waals surface area contributed by atoms with Gasteiger partial charge in [-0.05, 0) is 18.4 Å². The highest BCUT2D eigenvalue weighted by atomic mass is 19.4. The first kappa shape index (κ1) is 16.6. The minimum atomic E-state index is -4.32. The Kier molecular flexibility index (Phi) is 5.26. The third-order valence-corrected chi connectivity index (χ3v) is 3.33. The molecule has 0 aliphatic heterocycles. The number of fused-ring (bicyclic) bond motifs is 1. The Morgan fingerprint density at radius 3 is 2.55 bits per heavy atom. The third-order valence-electron chi connectivity index (χ3n) is 3.33. The second-order valence-electron chi connectivity index (χ2n) is 5.11. The Bertz CT molecular complexity index is 610. The van der Waals surface area contributed by atoms with Crippen LogP contribution >= 0.6 is 0 Å². The highest BCUT2D eigenvalue weighted by Gasteiger charge is 2.35. The zero-order chi connectivity index (χ0) is 16.2. The maximum absolute atomic E-state index is 12.3. The van der Waals surface area contributed by atoms with E-state index in [2.05, 4.69) is 5.32 Å². The van der Waals surface area contributed by atoms with Gasteiger partial charge < -0.3 is 15.2 Å². The van der Waals surface area contributed by atoms with Gasteiger partial charge in [0.15, 0.2) is 0 Å². The third kappa shape index (κ3) is 4.35. The van der Waals surface area contributed by atoms with Crippen LogP contribution in [0.5, 0.6) is 5.75 Å². The van der Waals surface area contributed by atoms with Crippen LogP contribution in [0.4, 0.5) is 13.2 Å². The predicted octanol–water partition coefficient (Wildman–Crippen LogP) is 3.12. The lowest BCUT2D eigenvalue weighted by atomic mass is 10.1. The van der Waals surface area contributed by atoms with Crippen LogP contribution in [0.1, 0.15) is 6.92 Å². The van der Waals surface area contributed by atoms with Crippen LogP contribution in [0, 0.1) is 0 Å². The molecule has 0 spiro atoms. The van der Waals surface area contributed by atoms with E-state index >= 15 is 0 Å². The summed E-state index contributed by atoms with van der Waals surface area (Å²) in [5.41, 5.74) is 0. The van der Waals surface area contributed by atoms with Crippen molar-refractivity contribution in [2.24, 2.45) is 0 Å². The van der Waals surface area contributed by atoms with Gasteiger partial charge in [-0.15, -0.1) is 0 Å². The Morgan fingerprint density at radius 1 is 1.14 bits per heavy atom. The topological polar surface area (TPSA) is 41.5 Å². The van der Waals surface area contributed by atoms with Crippen molar-refractivity contribution >= 4 is 10.8 Å². The fourth-order valence-electron chi connectivity index (χ4n) is 1.99. The molecule has 2 N–H and O–H groups in total. The monoisotopic (exact) mass is 313 g/mol. The summed E-state index contributed by atoms with van der Waals surface area (Å²) in [5, 5.41) is 13.9. The molecule has 6 heteroatoms. The molecule has 0 saturated heterocycles. The second-order valence-corrected chi connectivity index (χ2v) is 5.11. The van der Waals surface area contributed by atoms with E-state index in [-0.39, 0.29) is 13.2 Å². The SMILES string of the molecule is CC(NCC(O)COc1cccc2ccccc12)C(F)(F)F. The average molecular weight is 313 g/mol. The molecule has 0 radical (unpaired) electrons. The number of hydrogen-bond acceptors (Lipinski definition) is 3. The molecule has 120 valence electrons. The van der Waals surface area contributed by atoms with Crippen LogP contribution in [-0.2, 0) is 0 Å². The van der Waals surface area contributed by atoms with Crippen LogP contribution in [0.25, 0.3) is 10.8 Å². The van der Waals surface area contributed by atoms with Crippen molar-refractivity contribution in [3.05, 3.63) is 42.5 Å². The van der Waals surface area contributed by atoms with Gasteiger partial charge in [-0.3, -0.25) is 0 Å². The van der Waals surface area contributed by atoms with Crippen LogP contribution < -0.4 is 10.1 Å². The zero-order valence-electron chi connectivity index (χ0n) is 12.1. The molecule has 0 aliphatic carbocycles. The summed E-state index contributed by atoms with van der Waals surface area (Å²) in [4.78, 5) is 0. The number of nitrogens with one attached hydrogen (secondary N) is 1. The first-order valence-corrected chi connectivity index (χ1v) is 6.96. The lowest BCUT2D eigenvalue weighted by Gasteiger charge is -2.20. The molecular weight excluding hydrogens is 295 g/mol. The molecule has 0 aromatic heterocycles. The molecule has 2 rings (SSSR count). The normalized spacial score (nSPS) is 14.8. The number of aliphatic hydroxyl groups excluding tert-OH is 1. The molecule has 2 aromatic rings. The standard InChI is InChI=1S/C16H18F3NO2/c1-11(16(17,18)19)20-9-13(21)10-22-15-8-4-6-12-5-2-3-7-14(12)15/h2-8,11,13,20-21H,9-10H2,1H3. The van der Waals surface area contributed by atoms with Crippen LogP contribution in [-0.4, -0.2) is 36.6 Å². The van der Waals surface area contributed by atoms with E-state index in [1.807, 2.05) is 36.4 Å². The van der Waals surface area contributed by atoms with Crippen LogP contribution in [0.2, 0.25) is 0 Å². The summed E-state index contributed by atoms with van der Waals surface area (Å²) in [6, 6.07) is 11.5.